The van der Waals surface area contributed by atoms with Gasteiger partial charge in [-0.3, -0.25) is 33.4 Å². The molecule has 0 saturated carbocycles. The molecule has 45 heavy (non-hydrogen) atoms. The lowest BCUT2D eigenvalue weighted by atomic mass is 9.79. The highest BCUT2D eigenvalue weighted by Gasteiger charge is 2.44. The third-order valence-corrected chi connectivity index (χ3v) is 10.0. The van der Waals surface area contributed by atoms with Crippen LogP contribution >= 0.6 is 15.2 Å². The van der Waals surface area contributed by atoms with Crippen LogP contribution in [0.1, 0.15) is 35.8 Å². The van der Waals surface area contributed by atoms with Crippen LogP contribution in [0.25, 0.3) is 0 Å². The van der Waals surface area contributed by atoms with Crippen LogP contribution in [-0.2, 0) is 34.4 Å². The van der Waals surface area contributed by atoms with Crippen LogP contribution in [-0.4, -0.2) is 110 Å². The van der Waals surface area contributed by atoms with Crippen molar-refractivity contribution in [2.24, 2.45) is 0 Å². The van der Waals surface area contributed by atoms with Crippen molar-refractivity contribution in [3.05, 3.63) is 60.2 Å². The third kappa shape index (κ3) is 12.3. The first-order chi connectivity index (χ1) is 21.2. The number of nitrogens with zero attached hydrogens (tertiary/aromatic N) is 3. The summed E-state index contributed by atoms with van der Waals surface area (Å²) in [7, 11) is -11.3. The second-order valence-electron chi connectivity index (χ2n) is 10.3. The summed E-state index contributed by atoms with van der Waals surface area (Å²) in [4.78, 5) is 84.5. The van der Waals surface area contributed by atoms with Gasteiger partial charge in [-0.15, -0.1) is 0 Å². The molecule has 17 nitrogen and oxygen atoms in total. The van der Waals surface area contributed by atoms with Crippen LogP contribution in [0.5, 0.6) is 0 Å². The number of hydrogen-bond acceptors (Lipinski definition) is 10. The average molecular weight is 670 g/mol. The summed E-state index contributed by atoms with van der Waals surface area (Å²) in [6.45, 7) is 3.41. The number of aromatic nitrogens is 2. The Morgan fingerprint density at radius 2 is 1.62 bits per heavy atom. The van der Waals surface area contributed by atoms with E-state index in [0.717, 1.165) is 5.56 Å². The Morgan fingerprint density at radius 1 is 0.978 bits per heavy atom. The molecule has 0 aliphatic carbocycles. The summed E-state index contributed by atoms with van der Waals surface area (Å²) in [5, 5.41) is 7.32. The molecule has 1 aliphatic heterocycles. The monoisotopic (exact) mass is 670 g/mol. The number of nitrogens with one attached hydrogen (secondary N) is 3. The zero-order valence-electron chi connectivity index (χ0n) is 24.5. The second-order valence-corrected chi connectivity index (χ2v) is 14.1. The molecule has 1 fully saturated rings. The van der Waals surface area contributed by atoms with Gasteiger partial charge in [-0.1, -0.05) is 30.3 Å². The molecular weight excluding hydrogens is 633 g/mol. The van der Waals surface area contributed by atoms with Crippen LogP contribution in [0.2, 0.25) is 0 Å². The molecule has 0 unspecified atom stereocenters. The Morgan fingerprint density at radius 3 is 2.20 bits per heavy atom. The van der Waals surface area contributed by atoms with E-state index in [1.54, 1.807) is 12.2 Å². The van der Waals surface area contributed by atoms with Crippen LogP contribution in [0.3, 0.4) is 0 Å². The largest absolute Gasteiger partial charge is 0.480 e. The van der Waals surface area contributed by atoms with Crippen molar-refractivity contribution in [1.29, 1.82) is 0 Å². The molecule has 7 N–H and O–H groups in total. The minimum Gasteiger partial charge on any atom is -0.408 e. The second kappa shape index (κ2) is 17.0. The number of carbonyl (C=O) groups is 3. The molecule has 3 rings (SSSR count). The topological polar surface area (TPSA) is 250 Å². The smallest absolute Gasteiger partial charge is 0.408 e. The van der Waals surface area contributed by atoms with E-state index in [-0.39, 0.29) is 38.2 Å². The zero-order valence-corrected chi connectivity index (χ0v) is 26.3. The maximum atomic E-state index is 13.3. The highest BCUT2D eigenvalue weighted by molar-refractivity contribution is 7.70. The summed E-state index contributed by atoms with van der Waals surface area (Å²) >= 11 is 0. The van der Waals surface area contributed by atoms with Gasteiger partial charge in [0.25, 0.3) is 5.91 Å². The summed E-state index contributed by atoms with van der Waals surface area (Å²) in [5.41, 5.74) is -1.69. The van der Waals surface area contributed by atoms with Gasteiger partial charge in [0, 0.05) is 51.5 Å². The lowest BCUT2D eigenvalue weighted by Crippen LogP contribution is -2.56. The van der Waals surface area contributed by atoms with Crippen molar-refractivity contribution in [3.63, 3.8) is 0 Å². The SMILES string of the molecule is C[C@@H](NC(=O)[C@@H](Cc1ccccc1)NC(=O)c1cnccn1)B1OCCN(CCCC(=O)NC(P(=O)(O)O)P(=O)(O)O)CCO1. The zero-order chi connectivity index (χ0) is 33.0. The normalized spacial score (nSPS) is 16.3. The van der Waals surface area contributed by atoms with Gasteiger partial charge in [0.05, 0.1) is 12.1 Å². The number of benzene rings is 1. The first-order valence-corrected chi connectivity index (χ1v) is 17.4. The van der Waals surface area contributed by atoms with E-state index in [2.05, 4.69) is 20.6 Å². The first kappa shape index (κ1) is 36.4. The average Bonchev–Trinajstić information content (AvgIpc) is 2.96. The minimum atomic E-state index is -5.27. The molecule has 0 spiro atoms. The number of rotatable bonds is 14. The Kier molecular flexibility index (Phi) is 13.8. The van der Waals surface area contributed by atoms with Crippen LogP contribution in [0.15, 0.2) is 48.9 Å². The van der Waals surface area contributed by atoms with E-state index in [1.165, 1.54) is 18.6 Å². The predicted molar refractivity (Wildman–Crippen MR) is 160 cm³/mol. The molecule has 20 heteroatoms. The molecule has 3 amide bonds. The Balaban J connectivity index is 1.48. The molecular formula is C25H37BN6O11P2. The predicted octanol–water partition coefficient (Wildman–Crippen LogP) is -0.766. The highest BCUT2D eigenvalue weighted by atomic mass is 31.2. The Labute approximate surface area is 260 Å². The lowest BCUT2D eigenvalue weighted by molar-refractivity contribution is -0.123. The van der Waals surface area contributed by atoms with Crippen molar-refractivity contribution in [1.82, 2.24) is 30.8 Å². The van der Waals surface area contributed by atoms with E-state index in [9.17, 15) is 23.5 Å². The van der Waals surface area contributed by atoms with Crippen molar-refractivity contribution < 1.29 is 52.4 Å². The molecule has 0 radical (unpaired) electrons. The van der Waals surface area contributed by atoms with Gasteiger partial charge in [-0.05, 0) is 25.5 Å². The Hall–Kier alpha value is -3.05. The van der Waals surface area contributed by atoms with Gasteiger partial charge in [-0.25, -0.2) is 4.98 Å². The van der Waals surface area contributed by atoms with Crippen LogP contribution in [0, 0.1) is 0 Å². The Bertz CT molecular complexity index is 1340. The van der Waals surface area contributed by atoms with E-state index >= 15 is 0 Å². The highest BCUT2D eigenvalue weighted by Crippen LogP contribution is 2.58. The van der Waals surface area contributed by atoms with E-state index in [1.807, 2.05) is 35.2 Å². The summed E-state index contributed by atoms with van der Waals surface area (Å²) in [6.07, 6.45) is 4.36. The van der Waals surface area contributed by atoms with Gasteiger partial charge >= 0.3 is 22.3 Å². The fourth-order valence-electron chi connectivity index (χ4n) is 4.41. The van der Waals surface area contributed by atoms with Gasteiger partial charge in [0.1, 0.15) is 11.7 Å². The van der Waals surface area contributed by atoms with Gasteiger partial charge in [-0.2, -0.15) is 0 Å². The van der Waals surface area contributed by atoms with E-state index < -0.39 is 57.5 Å². The van der Waals surface area contributed by atoms with E-state index in [0.29, 0.717) is 19.6 Å². The van der Waals surface area contributed by atoms with Crippen molar-refractivity contribution in [2.45, 2.75) is 43.7 Å². The molecule has 0 bridgehead atoms. The van der Waals surface area contributed by atoms with Gasteiger partial charge in [0.2, 0.25) is 17.3 Å². The summed E-state index contributed by atoms with van der Waals surface area (Å²) < 4.78 is 34.4. The molecule has 1 aliphatic rings. The molecule has 1 aromatic heterocycles. The molecule has 1 saturated heterocycles. The number of amides is 3. The molecule has 246 valence electrons. The maximum absolute atomic E-state index is 13.3. The fourth-order valence-corrected chi connectivity index (χ4v) is 6.60. The number of carbonyl (C=O) groups excluding carboxylic acids is 3. The quantitative estimate of drug-likeness (QED) is 0.0964. The summed E-state index contributed by atoms with van der Waals surface area (Å²) in [5.74, 6) is -2.49. The molecule has 2 heterocycles. The molecule has 2 atom stereocenters. The fraction of sp³-hybridized carbons (Fsp3) is 0.480. The van der Waals surface area contributed by atoms with Crippen LogP contribution in [0.4, 0.5) is 0 Å². The van der Waals surface area contributed by atoms with Gasteiger partial charge < -0.3 is 44.8 Å². The van der Waals surface area contributed by atoms with E-state index in [4.69, 9.17) is 28.9 Å². The van der Waals surface area contributed by atoms with Crippen molar-refractivity contribution in [2.75, 3.05) is 32.8 Å². The van der Waals surface area contributed by atoms with Gasteiger partial charge in [0.15, 0.2) is 0 Å². The minimum absolute atomic E-state index is 0.0692. The first-order valence-electron chi connectivity index (χ1n) is 14.0. The molecule has 2 aromatic rings. The third-order valence-electron chi connectivity index (χ3n) is 6.66. The van der Waals surface area contributed by atoms with Crippen LogP contribution < -0.4 is 16.0 Å². The lowest BCUT2D eigenvalue weighted by Gasteiger charge is -2.30. The van der Waals surface area contributed by atoms with Crippen molar-refractivity contribution in [3.8, 4) is 0 Å². The standard InChI is InChI=1S/C25H37BN6O11P2/c1-18(29-23(34)20(16-19-6-3-2-4-7-19)30-24(35)21-17-27-9-10-28-21)26-42-14-12-32(13-15-43-26)11-5-8-22(33)31-25(44(36,37)38)45(39,40)41/h2-4,6-7,9-10,17-18,20,25H,5,8,11-16H2,1H3,(H,29,34)(H,30,35)(H,31,33)(H2,36,37,38)(H2,39,40,41)/t18-,20-/m1/s1. The molecule has 1 aromatic carbocycles. The number of hydrogen-bond donors (Lipinski definition) is 7. The summed E-state index contributed by atoms with van der Waals surface area (Å²) in [6, 6.07) is 8.28. The maximum Gasteiger partial charge on any atom is 0.480 e. The van der Waals surface area contributed by atoms with Crippen molar-refractivity contribution >= 4 is 40.0 Å².